The van der Waals surface area contributed by atoms with Gasteiger partial charge in [0.05, 0.1) is 0 Å². The van der Waals surface area contributed by atoms with Crippen LogP contribution in [-0.4, -0.2) is 0 Å². The van der Waals surface area contributed by atoms with E-state index in [-0.39, 0.29) is 0 Å². The van der Waals surface area contributed by atoms with Gasteiger partial charge in [0.15, 0.2) is 0 Å². The summed E-state index contributed by atoms with van der Waals surface area (Å²) in [5.41, 5.74) is 0. The van der Waals surface area contributed by atoms with Crippen molar-refractivity contribution >= 4 is 0 Å². The molecule has 1 atom stereocenters. The normalized spacial score (nSPS) is 13.6. The second kappa shape index (κ2) is 8.59. The summed E-state index contributed by atoms with van der Waals surface area (Å²) in [5.74, 6) is 1.70. The lowest BCUT2D eigenvalue weighted by Gasteiger charge is -2.16. The number of hydrogen-bond donors (Lipinski definition) is 0. The standard InChI is InChI=1S/C13H26/c1-5-7-8-9-10-13(6-2)11-12(3)4/h12-13H,1-2,5-11H2,3-4H3. The van der Waals surface area contributed by atoms with E-state index in [0.29, 0.717) is 0 Å². The summed E-state index contributed by atoms with van der Waals surface area (Å²) in [6.45, 7) is 12.5. The molecular weight excluding hydrogens is 156 g/mol. The Hall–Kier alpha value is 0. The van der Waals surface area contributed by atoms with Gasteiger partial charge in [0.1, 0.15) is 0 Å². The van der Waals surface area contributed by atoms with Gasteiger partial charge in [-0.05, 0) is 18.3 Å². The summed E-state index contributed by atoms with van der Waals surface area (Å²) in [6.07, 6.45) is 8.98. The third-order valence-electron chi connectivity index (χ3n) is 2.58. The molecule has 0 spiro atoms. The van der Waals surface area contributed by atoms with Crippen LogP contribution in [0.4, 0.5) is 0 Å². The van der Waals surface area contributed by atoms with Gasteiger partial charge in [-0.25, -0.2) is 0 Å². The quantitative estimate of drug-likeness (QED) is 0.479. The van der Waals surface area contributed by atoms with Crippen molar-refractivity contribution in [3.63, 3.8) is 0 Å². The Morgan fingerprint density at radius 1 is 1.00 bits per heavy atom. The zero-order chi connectivity index (χ0) is 10.1. The Morgan fingerprint density at radius 3 is 2.15 bits per heavy atom. The molecule has 0 fully saturated rings. The maximum absolute atomic E-state index is 4.03. The van der Waals surface area contributed by atoms with Crippen LogP contribution in [0.25, 0.3) is 0 Å². The highest BCUT2D eigenvalue weighted by molar-refractivity contribution is 4.63. The van der Waals surface area contributed by atoms with E-state index < -0.39 is 0 Å². The van der Waals surface area contributed by atoms with E-state index in [1.807, 2.05) is 0 Å². The molecule has 0 nitrogen and oxygen atoms in total. The fourth-order valence-electron chi connectivity index (χ4n) is 1.83. The average molecular weight is 182 g/mol. The lowest BCUT2D eigenvalue weighted by atomic mass is 9.90. The molecule has 0 heteroatoms. The molecule has 2 radical (unpaired) electrons. The summed E-state index contributed by atoms with van der Waals surface area (Å²) >= 11 is 0. The third kappa shape index (κ3) is 8.33. The average Bonchev–Trinajstić information content (AvgIpc) is 2.09. The third-order valence-corrected chi connectivity index (χ3v) is 2.58. The fraction of sp³-hybridized carbons (Fsp3) is 0.846. The molecule has 0 saturated carbocycles. The zero-order valence-electron chi connectivity index (χ0n) is 9.52. The highest BCUT2D eigenvalue weighted by Crippen LogP contribution is 2.21. The Labute approximate surface area is 85.1 Å². The Morgan fingerprint density at radius 2 is 1.69 bits per heavy atom. The minimum absolute atomic E-state index is 0.833. The van der Waals surface area contributed by atoms with Crippen molar-refractivity contribution < 1.29 is 0 Å². The molecule has 0 aliphatic carbocycles. The predicted octanol–water partition coefficient (Wildman–Crippen LogP) is 4.66. The molecule has 0 amide bonds. The molecule has 0 aromatic rings. The second-order valence-corrected chi connectivity index (χ2v) is 4.49. The van der Waals surface area contributed by atoms with E-state index in [2.05, 4.69) is 27.7 Å². The first kappa shape index (κ1) is 13.0. The monoisotopic (exact) mass is 182 g/mol. The number of rotatable bonds is 8. The van der Waals surface area contributed by atoms with Gasteiger partial charge in [0.2, 0.25) is 0 Å². The molecule has 0 aromatic carbocycles. The first-order valence-corrected chi connectivity index (χ1v) is 5.79. The molecule has 1 unspecified atom stereocenters. The van der Waals surface area contributed by atoms with Gasteiger partial charge in [-0.1, -0.05) is 66.2 Å². The van der Waals surface area contributed by atoms with Crippen molar-refractivity contribution in [3.05, 3.63) is 13.8 Å². The van der Waals surface area contributed by atoms with Crippen LogP contribution in [0.5, 0.6) is 0 Å². The van der Waals surface area contributed by atoms with E-state index in [9.17, 15) is 0 Å². The SMILES string of the molecule is [CH2]CCCCCC(C[CH2])CC(C)C. The Bertz CT molecular complexity index is 94.2. The molecule has 0 bridgehead atoms. The van der Waals surface area contributed by atoms with Crippen LogP contribution in [0.2, 0.25) is 0 Å². The van der Waals surface area contributed by atoms with E-state index in [1.54, 1.807) is 0 Å². The fourth-order valence-corrected chi connectivity index (χ4v) is 1.83. The predicted molar refractivity (Wildman–Crippen MR) is 61.4 cm³/mol. The van der Waals surface area contributed by atoms with Crippen LogP contribution >= 0.6 is 0 Å². The first-order chi connectivity index (χ1) is 6.20. The summed E-state index contributed by atoms with van der Waals surface area (Å²) in [5, 5.41) is 0. The maximum Gasteiger partial charge on any atom is -0.0412 e. The summed E-state index contributed by atoms with van der Waals surface area (Å²) in [4.78, 5) is 0. The molecule has 0 aliphatic rings. The summed E-state index contributed by atoms with van der Waals surface area (Å²) in [6, 6.07) is 0. The van der Waals surface area contributed by atoms with Gasteiger partial charge in [0, 0.05) is 0 Å². The van der Waals surface area contributed by atoms with Gasteiger partial charge in [-0.15, -0.1) is 0 Å². The molecule has 0 heterocycles. The van der Waals surface area contributed by atoms with Gasteiger partial charge >= 0.3 is 0 Å². The van der Waals surface area contributed by atoms with Crippen molar-refractivity contribution in [2.45, 2.75) is 58.8 Å². The lowest BCUT2D eigenvalue weighted by molar-refractivity contribution is 0.374. The highest BCUT2D eigenvalue weighted by Gasteiger charge is 2.07. The second-order valence-electron chi connectivity index (χ2n) is 4.49. The van der Waals surface area contributed by atoms with Gasteiger partial charge in [-0.2, -0.15) is 0 Å². The Kier molecular flexibility index (Phi) is 8.59. The topological polar surface area (TPSA) is 0 Å². The van der Waals surface area contributed by atoms with Crippen LogP contribution in [0.3, 0.4) is 0 Å². The van der Waals surface area contributed by atoms with Gasteiger partial charge in [-0.3, -0.25) is 0 Å². The largest absolute Gasteiger partial charge is 0.0628 e. The first-order valence-electron chi connectivity index (χ1n) is 5.79. The van der Waals surface area contributed by atoms with Crippen molar-refractivity contribution in [3.8, 4) is 0 Å². The minimum Gasteiger partial charge on any atom is -0.0628 e. The van der Waals surface area contributed by atoms with Crippen molar-refractivity contribution in [2.75, 3.05) is 0 Å². The van der Waals surface area contributed by atoms with Crippen LogP contribution in [0, 0.1) is 25.7 Å². The van der Waals surface area contributed by atoms with Crippen LogP contribution in [0.1, 0.15) is 58.8 Å². The van der Waals surface area contributed by atoms with Gasteiger partial charge in [0.25, 0.3) is 0 Å². The zero-order valence-corrected chi connectivity index (χ0v) is 9.52. The van der Waals surface area contributed by atoms with Crippen LogP contribution in [0.15, 0.2) is 0 Å². The summed E-state index contributed by atoms with van der Waals surface area (Å²) < 4.78 is 0. The van der Waals surface area contributed by atoms with E-state index in [4.69, 9.17) is 0 Å². The molecule has 0 rings (SSSR count). The molecule has 0 N–H and O–H groups in total. The molecular formula is C13H26. The maximum atomic E-state index is 4.03. The van der Waals surface area contributed by atoms with Gasteiger partial charge < -0.3 is 0 Å². The van der Waals surface area contributed by atoms with Crippen molar-refractivity contribution in [2.24, 2.45) is 11.8 Å². The van der Waals surface area contributed by atoms with E-state index in [1.165, 1.54) is 32.1 Å². The van der Waals surface area contributed by atoms with Crippen LogP contribution in [-0.2, 0) is 0 Å². The van der Waals surface area contributed by atoms with Crippen LogP contribution < -0.4 is 0 Å². The van der Waals surface area contributed by atoms with Crippen molar-refractivity contribution in [1.29, 1.82) is 0 Å². The van der Waals surface area contributed by atoms with Crippen molar-refractivity contribution in [1.82, 2.24) is 0 Å². The lowest BCUT2D eigenvalue weighted by Crippen LogP contribution is -2.03. The highest BCUT2D eigenvalue weighted by atomic mass is 14.1. The molecule has 0 aromatic heterocycles. The number of unbranched alkanes of at least 4 members (excludes halogenated alkanes) is 3. The Balaban J connectivity index is 3.36. The van der Waals surface area contributed by atoms with E-state index in [0.717, 1.165) is 24.7 Å². The number of hydrogen-bond acceptors (Lipinski definition) is 0. The molecule has 0 aliphatic heterocycles. The molecule has 0 saturated heterocycles. The smallest absolute Gasteiger partial charge is 0.0412 e. The molecule has 78 valence electrons. The minimum atomic E-state index is 0.833. The summed E-state index contributed by atoms with van der Waals surface area (Å²) in [7, 11) is 0. The van der Waals surface area contributed by atoms with E-state index >= 15 is 0 Å². The molecule has 13 heavy (non-hydrogen) atoms.